The van der Waals surface area contributed by atoms with Crippen molar-refractivity contribution in [2.75, 3.05) is 7.05 Å². The monoisotopic (exact) mass is 403 g/mol. The molecule has 0 spiro atoms. The molecular weight excluding hydrogens is 382 g/mol. The standard InChI is InChI=1S/C10H21NO2S.W/c1-8(2)10(5,6)11(7)14(12,13)9(3)4;/h1-7H3;/q-2;+2. The number of hydrogen-bond acceptors (Lipinski definition) is 2. The summed E-state index contributed by atoms with van der Waals surface area (Å²) < 4.78 is 25.1. The van der Waals surface area contributed by atoms with E-state index in [-0.39, 0.29) is 21.1 Å². The maximum absolute atomic E-state index is 11.9. The fraction of sp³-hybridized carbons (Fsp3) is 0.800. The van der Waals surface area contributed by atoms with Crippen LogP contribution in [0.1, 0.15) is 41.5 Å². The van der Waals surface area contributed by atoms with E-state index in [9.17, 15) is 8.42 Å². The minimum atomic E-state index is -3.25. The number of hydrogen-bond donors (Lipinski definition) is 0. The van der Waals surface area contributed by atoms with Crippen LogP contribution in [0.3, 0.4) is 0 Å². The Bertz CT molecular complexity index is 284. The molecule has 0 saturated carbocycles. The van der Waals surface area contributed by atoms with Crippen molar-refractivity contribution in [3.63, 3.8) is 0 Å². The molecule has 0 saturated heterocycles. The Kier molecular flexibility index (Phi) is 6.94. The molecule has 0 aliphatic heterocycles. The molecule has 5 heteroatoms. The van der Waals surface area contributed by atoms with E-state index in [1.807, 2.05) is 27.7 Å². The molecule has 0 aliphatic rings. The maximum atomic E-state index is 11.9. The van der Waals surface area contributed by atoms with Gasteiger partial charge in [-0.25, -0.2) is 8.42 Å². The predicted octanol–water partition coefficient (Wildman–Crippen LogP) is 2.21. The summed E-state index contributed by atoms with van der Waals surface area (Å²) in [5, 5.41) is 0.425. The van der Waals surface area contributed by atoms with Crippen LogP contribution in [-0.4, -0.2) is 25.3 Å². The molecular formula is C10H21NO2SW. The Morgan fingerprint density at radius 3 is 1.60 bits per heavy atom. The zero-order chi connectivity index (χ0) is 11.7. The van der Waals surface area contributed by atoms with Crippen LogP contribution in [0.2, 0.25) is 0 Å². The molecule has 0 bridgehead atoms. The molecule has 0 N–H and O–H groups in total. The predicted molar refractivity (Wildman–Crippen MR) is 59.9 cm³/mol. The van der Waals surface area contributed by atoms with E-state index in [1.54, 1.807) is 20.9 Å². The van der Waals surface area contributed by atoms with E-state index in [4.69, 9.17) is 0 Å². The van der Waals surface area contributed by atoms with Crippen LogP contribution in [0.25, 0.3) is 0 Å². The van der Waals surface area contributed by atoms with Crippen molar-refractivity contribution >= 4 is 10.0 Å². The summed E-state index contributed by atoms with van der Waals surface area (Å²) in [6.07, 6.45) is 0. The minimum Gasteiger partial charge on any atom is -0.299 e. The third-order valence-corrected chi connectivity index (χ3v) is 5.10. The third kappa shape index (κ3) is 3.83. The first-order chi connectivity index (χ1) is 6.04. The zero-order valence-electron chi connectivity index (χ0n) is 10.6. The van der Waals surface area contributed by atoms with Crippen molar-refractivity contribution in [2.45, 2.75) is 47.1 Å². The van der Waals surface area contributed by atoms with Crippen molar-refractivity contribution in [3.05, 3.63) is 11.2 Å². The molecule has 0 amide bonds. The quantitative estimate of drug-likeness (QED) is 0.676. The van der Waals surface area contributed by atoms with E-state index in [2.05, 4.69) is 0 Å². The van der Waals surface area contributed by atoms with Gasteiger partial charge in [0.25, 0.3) is 0 Å². The van der Waals surface area contributed by atoms with Gasteiger partial charge in [0.15, 0.2) is 0 Å². The van der Waals surface area contributed by atoms with E-state index >= 15 is 0 Å². The molecule has 90 valence electrons. The van der Waals surface area contributed by atoms with Crippen LogP contribution in [0.15, 0.2) is 0 Å². The van der Waals surface area contributed by atoms with Crippen LogP contribution >= 0.6 is 0 Å². The molecule has 0 unspecified atom stereocenters. The smallest absolute Gasteiger partial charge is 0.299 e. The Labute approximate surface area is 109 Å². The van der Waals surface area contributed by atoms with Crippen molar-refractivity contribution in [3.8, 4) is 0 Å². The Morgan fingerprint density at radius 1 is 1.07 bits per heavy atom. The van der Waals surface area contributed by atoms with E-state index in [0.717, 1.165) is 5.92 Å². The van der Waals surface area contributed by atoms with Gasteiger partial charge in [0, 0.05) is 0 Å². The van der Waals surface area contributed by atoms with Gasteiger partial charge in [0.2, 0.25) is 0 Å². The fourth-order valence-corrected chi connectivity index (χ4v) is 2.22. The van der Waals surface area contributed by atoms with Crippen LogP contribution in [0.5, 0.6) is 0 Å². The summed E-state index contributed by atoms with van der Waals surface area (Å²) >= 11 is 0. The SMILES string of the molecule is C[C-](C)C(C)(C)N(C)S(=O)(=O)[C-](C)C.[W+2]. The van der Waals surface area contributed by atoms with E-state index in [0.29, 0.717) is 5.25 Å². The first kappa shape index (κ1) is 18.0. The Hall–Kier alpha value is 0.598. The first-order valence-electron chi connectivity index (χ1n) is 4.64. The molecule has 0 fully saturated rings. The average Bonchev–Trinajstić information content (AvgIpc) is 2.02. The normalized spacial score (nSPS) is 13.5. The van der Waals surface area contributed by atoms with E-state index in [1.165, 1.54) is 4.31 Å². The van der Waals surface area contributed by atoms with Gasteiger partial charge in [0.1, 0.15) is 0 Å². The van der Waals surface area contributed by atoms with Crippen molar-refractivity contribution < 1.29 is 29.5 Å². The maximum Gasteiger partial charge on any atom is 2.00 e. The van der Waals surface area contributed by atoms with Crippen molar-refractivity contribution in [1.82, 2.24) is 4.31 Å². The van der Waals surface area contributed by atoms with Crippen LogP contribution in [-0.2, 0) is 31.1 Å². The van der Waals surface area contributed by atoms with Gasteiger partial charge in [-0.1, -0.05) is 19.4 Å². The number of sulfonamides is 1. The molecule has 0 atom stereocenters. The molecule has 0 heterocycles. The van der Waals surface area contributed by atoms with Gasteiger partial charge in [-0.15, -0.1) is 0 Å². The van der Waals surface area contributed by atoms with E-state index < -0.39 is 15.6 Å². The van der Waals surface area contributed by atoms with Crippen LogP contribution < -0.4 is 0 Å². The molecule has 0 aromatic heterocycles. The van der Waals surface area contributed by atoms with Crippen molar-refractivity contribution in [2.24, 2.45) is 0 Å². The average molecular weight is 403 g/mol. The van der Waals surface area contributed by atoms with Crippen LogP contribution in [0, 0.1) is 11.2 Å². The summed E-state index contributed by atoms with van der Waals surface area (Å²) in [5.41, 5.74) is -0.434. The van der Waals surface area contributed by atoms with Crippen molar-refractivity contribution in [1.29, 1.82) is 0 Å². The van der Waals surface area contributed by atoms with Gasteiger partial charge < -0.3 is 0 Å². The zero-order valence-corrected chi connectivity index (χ0v) is 14.3. The third-order valence-electron chi connectivity index (χ3n) is 2.89. The molecule has 15 heavy (non-hydrogen) atoms. The summed E-state index contributed by atoms with van der Waals surface area (Å²) in [4.78, 5) is 0. The molecule has 3 nitrogen and oxygen atoms in total. The Balaban J connectivity index is 0. The molecule has 0 rings (SSSR count). The second-order valence-electron chi connectivity index (χ2n) is 4.44. The first-order valence-corrected chi connectivity index (χ1v) is 6.08. The number of rotatable bonds is 4. The van der Waals surface area contributed by atoms with Gasteiger partial charge in [0.05, 0.1) is 10.0 Å². The molecule has 0 aliphatic carbocycles. The van der Waals surface area contributed by atoms with Crippen LogP contribution in [0.4, 0.5) is 0 Å². The van der Waals surface area contributed by atoms with Gasteiger partial charge >= 0.3 is 21.1 Å². The summed E-state index contributed by atoms with van der Waals surface area (Å²) in [6, 6.07) is 0. The largest absolute Gasteiger partial charge is 2.00 e. The number of nitrogens with zero attached hydrogens (tertiary/aromatic N) is 1. The molecule has 0 radical (unpaired) electrons. The summed E-state index contributed by atoms with van der Waals surface area (Å²) in [7, 11) is -1.63. The molecule has 0 aromatic rings. The topological polar surface area (TPSA) is 37.4 Å². The summed E-state index contributed by atoms with van der Waals surface area (Å²) in [5.74, 6) is 1.07. The second kappa shape index (κ2) is 5.79. The second-order valence-corrected chi connectivity index (χ2v) is 6.75. The van der Waals surface area contributed by atoms with Gasteiger partial charge in [-0.3, -0.25) is 10.2 Å². The minimum absolute atomic E-state index is 0. The fourth-order valence-electron chi connectivity index (χ4n) is 0.889. The van der Waals surface area contributed by atoms with Gasteiger partial charge in [-0.05, 0) is 7.05 Å². The summed E-state index contributed by atoms with van der Waals surface area (Å²) in [6.45, 7) is 10.9. The van der Waals surface area contributed by atoms with Gasteiger partial charge in [-0.2, -0.15) is 32.9 Å². The Morgan fingerprint density at radius 2 is 1.40 bits per heavy atom. The molecule has 0 aromatic carbocycles.